The quantitative estimate of drug-likeness (QED) is 0.670. The molecule has 8 heteroatoms. The zero-order valence-electron chi connectivity index (χ0n) is 7.90. The molecule has 0 fully saturated rings. The fraction of sp³-hybridized carbons (Fsp3) is 0.250. The van der Waals surface area contributed by atoms with E-state index >= 15 is 0 Å². The SMILES string of the molecule is OCc1cc(C(F)(F)F)ccc1OB(O)O. The van der Waals surface area contributed by atoms with Crippen LogP contribution in [0.3, 0.4) is 0 Å². The van der Waals surface area contributed by atoms with E-state index in [-0.39, 0.29) is 11.3 Å². The summed E-state index contributed by atoms with van der Waals surface area (Å²) in [5, 5.41) is 25.8. The highest BCUT2D eigenvalue weighted by atomic mass is 19.4. The summed E-state index contributed by atoms with van der Waals surface area (Å²) < 4.78 is 41.2. The highest BCUT2D eigenvalue weighted by Crippen LogP contribution is 2.32. The van der Waals surface area contributed by atoms with Crippen LogP contribution >= 0.6 is 0 Å². The van der Waals surface area contributed by atoms with Gasteiger partial charge in [-0.15, -0.1) is 0 Å². The van der Waals surface area contributed by atoms with Gasteiger partial charge in [-0.2, -0.15) is 13.2 Å². The van der Waals surface area contributed by atoms with Crippen molar-refractivity contribution in [3.05, 3.63) is 29.3 Å². The molecule has 0 spiro atoms. The zero-order chi connectivity index (χ0) is 12.3. The second-order valence-corrected chi connectivity index (χ2v) is 2.92. The largest absolute Gasteiger partial charge is 0.707 e. The molecule has 0 unspecified atom stereocenters. The third-order valence-corrected chi connectivity index (χ3v) is 1.79. The van der Waals surface area contributed by atoms with Crippen LogP contribution in [0.4, 0.5) is 13.2 Å². The van der Waals surface area contributed by atoms with Crippen LogP contribution < -0.4 is 4.65 Å². The van der Waals surface area contributed by atoms with Crippen LogP contribution in [0.1, 0.15) is 11.1 Å². The van der Waals surface area contributed by atoms with Gasteiger partial charge in [0.05, 0.1) is 12.2 Å². The predicted molar refractivity (Wildman–Crippen MR) is 48.2 cm³/mol. The van der Waals surface area contributed by atoms with Crippen molar-refractivity contribution in [1.82, 2.24) is 0 Å². The van der Waals surface area contributed by atoms with E-state index in [2.05, 4.69) is 4.65 Å². The topological polar surface area (TPSA) is 69.9 Å². The minimum Gasteiger partial charge on any atom is -0.512 e. The Labute approximate surface area is 89.1 Å². The van der Waals surface area contributed by atoms with Gasteiger partial charge in [0.15, 0.2) is 0 Å². The van der Waals surface area contributed by atoms with Crippen molar-refractivity contribution in [3.8, 4) is 5.75 Å². The number of halogens is 3. The molecule has 0 aliphatic rings. The Hall–Kier alpha value is -1.25. The van der Waals surface area contributed by atoms with E-state index < -0.39 is 25.7 Å². The van der Waals surface area contributed by atoms with Crippen LogP contribution in [0, 0.1) is 0 Å². The molecule has 4 nitrogen and oxygen atoms in total. The zero-order valence-corrected chi connectivity index (χ0v) is 7.90. The molecule has 3 N–H and O–H groups in total. The summed E-state index contributed by atoms with van der Waals surface area (Å²) in [6, 6.07) is 2.31. The van der Waals surface area contributed by atoms with Gasteiger partial charge in [-0.3, -0.25) is 0 Å². The van der Waals surface area contributed by atoms with Crippen LogP contribution in [-0.2, 0) is 12.8 Å². The average Bonchev–Trinajstić information content (AvgIpc) is 2.15. The number of hydrogen-bond acceptors (Lipinski definition) is 4. The maximum Gasteiger partial charge on any atom is 0.707 e. The molecule has 1 aromatic rings. The van der Waals surface area contributed by atoms with Gasteiger partial charge < -0.3 is 19.8 Å². The van der Waals surface area contributed by atoms with Crippen LogP contribution in [0.5, 0.6) is 5.75 Å². The van der Waals surface area contributed by atoms with E-state index in [9.17, 15) is 13.2 Å². The molecule has 0 amide bonds. The number of rotatable bonds is 3. The van der Waals surface area contributed by atoms with Crippen molar-refractivity contribution in [2.24, 2.45) is 0 Å². The summed E-state index contributed by atoms with van der Waals surface area (Å²) >= 11 is 0. The van der Waals surface area contributed by atoms with Crippen LogP contribution in [0.25, 0.3) is 0 Å². The maximum atomic E-state index is 12.3. The Bertz CT molecular complexity index is 367. The summed E-state index contributed by atoms with van der Waals surface area (Å²) in [4.78, 5) is 0. The molecular weight excluding hydrogens is 228 g/mol. The molecule has 0 aromatic heterocycles. The minimum absolute atomic E-state index is 0.178. The van der Waals surface area contributed by atoms with Crippen LogP contribution in [0.15, 0.2) is 18.2 Å². The van der Waals surface area contributed by atoms with Gasteiger partial charge in [-0.25, -0.2) is 0 Å². The van der Waals surface area contributed by atoms with E-state index in [4.69, 9.17) is 15.2 Å². The standard InChI is InChI=1S/C8H8BF3O4/c10-8(11,12)6-1-2-7(16-9(14)15)5(3-6)4-13/h1-3,13-15H,4H2. The number of benzene rings is 1. The first-order chi connectivity index (χ1) is 7.34. The Morgan fingerprint density at radius 3 is 2.31 bits per heavy atom. The minimum atomic E-state index is -4.53. The molecule has 0 heterocycles. The van der Waals surface area contributed by atoms with E-state index in [0.29, 0.717) is 6.07 Å². The molecule has 0 aliphatic heterocycles. The van der Waals surface area contributed by atoms with Crippen molar-refractivity contribution in [2.45, 2.75) is 12.8 Å². The third kappa shape index (κ3) is 3.12. The summed E-state index contributed by atoms with van der Waals surface area (Å²) in [6.45, 7) is -0.702. The molecule has 1 rings (SSSR count). The summed E-state index contributed by atoms with van der Waals surface area (Å²) in [6.07, 6.45) is -4.53. The van der Waals surface area contributed by atoms with Gasteiger partial charge in [0.1, 0.15) is 5.75 Å². The average molecular weight is 236 g/mol. The number of aliphatic hydroxyl groups excluding tert-OH is 1. The van der Waals surface area contributed by atoms with Gasteiger partial charge in [-0.1, -0.05) is 0 Å². The van der Waals surface area contributed by atoms with E-state index in [0.717, 1.165) is 12.1 Å². The highest BCUT2D eigenvalue weighted by Gasteiger charge is 2.31. The molecule has 1 aromatic carbocycles. The Balaban J connectivity index is 3.07. The van der Waals surface area contributed by atoms with E-state index in [1.165, 1.54) is 0 Å². The molecule has 0 saturated heterocycles. The Morgan fingerprint density at radius 2 is 1.88 bits per heavy atom. The summed E-state index contributed by atoms with van der Waals surface area (Å²) in [5.41, 5.74) is -1.13. The van der Waals surface area contributed by atoms with Crippen molar-refractivity contribution in [2.75, 3.05) is 0 Å². The predicted octanol–water partition coefficient (Wildman–Crippen LogP) is 0.546. The molecule has 0 aliphatic carbocycles. The lowest BCUT2D eigenvalue weighted by Gasteiger charge is -2.12. The van der Waals surface area contributed by atoms with Gasteiger partial charge >= 0.3 is 13.5 Å². The number of aliphatic hydroxyl groups is 1. The summed E-state index contributed by atoms with van der Waals surface area (Å²) in [5.74, 6) is -0.217. The molecule has 0 radical (unpaired) electrons. The first kappa shape index (κ1) is 12.8. The lowest BCUT2D eigenvalue weighted by atomic mass is 10.1. The normalized spacial score (nSPS) is 11.4. The molecule has 16 heavy (non-hydrogen) atoms. The fourth-order valence-corrected chi connectivity index (χ4v) is 1.11. The van der Waals surface area contributed by atoms with Gasteiger partial charge in [0, 0.05) is 5.56 Å². The smallest absolute Gasteiger partial charge is 0.512 e. The van der Waals surface area contributed by atoms with Crippen molar-refractivity contribution in [3.63, 3.8) is 0 Å². The fourth-order valence-electron chi connectivity index (χ4n) is 1.11. The van der Waals surface area contributed by atoms with E-state index in [1.807, 2.05) is 0 Å². The van der Waals surface area contributed by atoms with Crippen molar-refractivity contribution >= 4 is 7.32 Å². The molecule has 0 saturated carbocycles. The van der Waals surface area contributed by atoms with Crippen molar-refractivity contribution < 1.29 is 33.0 Å². The summed E-state index contributed by atoms with van der Waals surface area (Å²) in [7, 11) is -2.15. The molecule has 0 atom stereocenters. The molecule has 88 valence electrons. The van der Waals surface area contributed by atoms with Crippen LogP contribution in [0.2, 0.25) is 0 Å². The molecular formula is C8H8BF3O4. The van der Waals surface area contributed by atoms with Gasteiger partial charge in [-0.05, 0) is 18.2 Å². The second kappa shape index (κ2) is 4.73. The second-order valence-electron chi connectivity index (χ2n) is 2.92. The monoisotopic (exact) mass is 236 g/mol. The molecule has 0 bridgehead atoms. The lowest BCUT2D eigenvalue weighted by molar-refractivity contribution is -0.137. The van der Waals surface area contributed by atoms with Gasteiger partial charge in [0.2, 0.25) is 0 Å². The Morgan fingerprint density at radius 1 is 1.25 bits per heavy atom. The van der Waals surface area contributed by atoms with Gasteiger partial charge in [0.25, 0.3) is 0 Å². The van der Waals surface area contributed by atoms with Crippen molar-refractivity contribution in [1.29, 1.82) is 0 Å². The number of alkyl halides is 3. The number of hydrogen-bond donors (Lipinski definition) is 3. The third-order valence-electron chi connectivity index (χ3n) is 1.79. The Kier molecular flexibility index (Phi) is 3.79. The highest BCUT2D eigenvalue weighted by molar-refractivity contribution is 6.33. The first-order valence-corrected chi connectivity index (χ1v) is 4.18. The van der Waals surface area contributed by atoms with E-state index in [1.54, 1.807) is 0 Å². The van der Waals surface area contributed by atoms with Crippen LogP contribution in [-0.4, -0.2) is 22.5 Å². The first-order valence-electron chi connectivity index (χ1n) is 4.18. The lowest BCUT2D eigenvalue weighted by Crippen LogP contribution is -2.21. The maximum absolute atomic E-state index is 12.3.